The molecule has 0 aliphatic carbocycles. The van der Waals surface area contributed by atoms with E-state index in [4.69, 9.17) is 4.74 Å². The van der Waals surface area contributed by atoms with Gasteiger partial charge in [0.1, 0.15) is 6.33 Å². The number of hydrogen-bond acceptors (Lipinski definition) is 6. The first-order chi connectivity index (χ1) is 13.3. The van der Waals surface area contributed by atoms with Crippen LogP contribution in [-0.4, -0.2) is 53.6 Å². The van der Waals surface area contributed by atoms with Crippen molar-refractivity contribution in [3.63, 3.8) is 0 Å². The summed E-state index contributed by atoms with van der Waals surface area (Å²) in [6, 6.07) is 9.68. The Balaban J connectivity index is 1.64. The predicted molar refractivity (Wildman–Crippen MR) is 102 cm³/mol. The van der Waals surface area contributed by atoms with E-state index < -0.39 is 10.8 Å². The smallest absolute Gasteiger partial charge is 0.162 e. The van der Waals surface area contributed by atoms with Crippen molar-refractivity contribution in [3.05, 3.63) is 49.1 Å². The highest BCUT2D eigenvalue weighted by atomic mass is 32.2. The first-order valence-corrected chi connectivity index (χ1v) is 9.75. The summed E-state index contributed by atoms with van der Waals surface area (Å²) >= 11 is 0. The molecule has 138 valence electrons. The Hall–Kier alpha value is -2.91. The summed E-state index contributed by atoms with van der Waals surface area (Å²) in [6.45, 7) is 0.598. The number of benzene rings is 1. The summed E-state index contributed by atoms with van der Waals surface area (Å²) < 4.78 is 19.2. The molecular formula is C18H18N6O2S. The lowest BCUT2D eigenvalue weighted by atomic mass is 10.2. The third-order valence-corrected chi connectivity index (χ3v) is 5.51. The number of nitrogens with one attached hydrogen (secondary N) is 1. The number of aromatic amines is 1. The Morgan fingerprint density at radius 2 is 2.15 bits per heavy atom. The molecule has 1 N–H and O–H groups in total. The SMILES string of the molecule is COCCC[S@](=O)c1cnc2c(cnn2-c2cccc(-c3ncn[nH]3)c2)c1. The third-order valence-electron chi connectivity index (χ3n) is 4.10. The van der Waals surface area contributed by atoms with Crippen molar-refractivity contribution >= 4 is 21.8 Å². The maximum Gasteiger partial charge on any atom is 0.162 e. The van der Waals surface area contributed by atoms with E-state index in [1.807, 2.05) is 30.3 Å². The van der Waals surface area contributed by atoms with E-state index in [2.05, 4.69) is 25.3 Å². The Morgan fingerprint density at radius 3 is 2.96 bits per heavy atom. The lowest BCUT2D eigenvalue weighted by Gasteiger charge is -2.06. The van der Waals surface area contributed by atoms with Gasteiger partial charge in [-0.2, -0.15) is 10.2 Å². The molecule has 1 aromatic carbocycles. The van der Waals surface area contributed by atoms with Crippen LogP contribution < -0.4 is 0 Å². The van der Waals surface area contributed by atoms with Gasteiger partial charge in [0.25, 0.3) is 0 Å². The van der Waals surface area contributed by atoms with Crippen LogP contribution in [0.5, 0.6) is 0 Å². The lowest BCUT2D eigenvalue weighted by Crippen LogP contribution is -2.03. The van der Waals surface area contributed by atoms with E-state index in [0.29, 0.717) is 28.7 Å². The van der Waals surface area contributed by atoms with Crippen LogP contribution in [-0.2, 0) is 15.5 Å². The fourth-order valence-electron chi connectivity index (χ4n) is 2.80. The van der Waals surface area contributed by atoms with Crippen molar-refractivity contribution in [2.45, 2.75) is 11.3 Å². The number of methoxy groups -OCH3 is 1. The van der Waals surface area contributed by atoms with Crippen molar-refractivity contribution in [3.8, 4) is 17.1 Å². The first-order valence-electron chi connectivity index (χ1n) is 8.43. The van der Waals surface area contributed by atoms with Crippen LogP contribution in [0.3, 0.4) is 0 Å². The van der Waals surface area contributed by atoms with Gasteiger partial charge in [-0.25, -0.2) is 14.6 Å². The van der Waals surface area contributed by atoms with Crippen molar-refractivity contribution in [1.29, 1.82) is 0 Å². The molecule has 0 saturated carbocycles. The summed E-state index contributed by atoms with van der Waals surface area (Å²) in [4.78, 5) is 9.38. The second-order valence-corrected chi connectivity index (χ2v) is 7.49. The van der Waals surface area contributed by atoms with E-state index in [-0.39, 0.29) is 0 Å². The molecule has 0 aliphatic rings. The summed E-state index contributed by atoms with van der Waals surface area (Å²) in [5.41, 5.74) is 2.48. The molecule has 4 aromatic rings. The minimum atomic E-state index is -1.10. The van der Waals surface area contributed by atoms with E-state index in [9.17, 15) is 4.21 Å². The number of fused-ring (bicyclic) bond motifs is 1. The molecule has 0 saturated heterocycles. The zero-order valence-electron chi connectivity index (χ0n) is 14.7. The van der Waals surface area contributed by atoms with Gasteiger partial charge in [-0.15, -0.1) is 0 Å². The van der Waals surface area contributed by atoms with E-state index in [0.717, 1.165) is 23.1 Å². The zero-order chi connectivity index (χ0) is 18.6. The fourth-order valence-corrected chi connectivity index (χ4v) is 3.84. The van der Waals surface area contributed by atoms with Crippen molar-refractivity contribution in [1.82, 2.24) is 29.9 Å². The molecule has 8 nitrogen and oxygen atoms in total. The zero-order valence-corrected chi connectivity index (χ0v) is 15.5. The van der Waals surface area contributed by atoms with Gasteiger partial charge in [0.15, 0.2) is 11.5 Å². The standard InChI is InChI=1S/C18H18N6O2S/c1-26-6-3-7-27(25)16-9-14-10-22-24(18(14)19-11-16)15-5-2-4-13(8-15)17-20-12-21-23-17/h2,4-5,8-12H,3,6-7H2,1H3,(H,20,21,23)/t27-/m0/s1. The van der Waals surface area contributed by atoms with Crippen molar-refractivity contribution < 1.29 is 8.95 Å². The summed E-state index contributed by atoms with van der Waals surface area (Å²) in [5, 5.41) is 12.0. The van der Waals surface area contributed by atoms with Gasteiger partial charge in [-0.05, 0) is 24.6 Å². The maximum atomic E-state index is 12.4. The van der Waals surface area contributed by atoms with Gasteiger partial charge >= 0.3 is 0 Å². The highest BCUT2D eigenvalue weighted by Gasteiger charge is 2.11. The molecule has 0 unspecified atom stereocenters. The number of ether oxygens (including phenoxy) is 1. The summed E-state index contributed by atoms with van der Waals surface area (Å²) in [5.74, 6) is 1.24. The number of aromatic nitrogens is 6. The highest BCUT2D eigenvalue weighted by Crippen LogP contribution is 2.22. The second kappa shape index (κ2) is 7.77. The number of hydrogen-bond donors (Lipinski definition) is 1. The van der Waals surface area contributed by atoms with E-state index >= 15 is 0 Å². The van der Waals surface area contributed by atoms with Crippen LogP contribution in [0.25, 0.3) is 28.1 Å². The number of rotatable bonds is 7. The van der Waals surface area contributed by atoms with Gasteiger partial charge < -0.3 is 4.74 Å². The van der Waals surface area contributed by atoms with E-state index in [1.165, 1.54) is 6.33 Å². The topological polar surface area (TPSA) is 98.6 Å². The second-order valence-electron chi connectivity index (χ2n) is 5.92. The molecule has 0 radical (unpaired) electrons. The molecule has 0 aliphatic heterocycles. The average Bonchev–Trinajstić information content (AvgIpc) is 3.37. The monoisotopic (exact) mass is 382 g/mol. The summed E-state index contributed by atoms with van der Waals surface area (Å²) in [6.07, 6.45) is 5.61. The minimum absolute atomic E-state index is 0.550. The molecule has 0 amide bonds. The molecular weight excluding hydrogens is 364 g/mol. The molecule has 0 bridgehead atoms. The fraction of sp³-hybridized carbons (Fsp3) is 0.222. The molecule has 27 heavy (non-hydrogen) atoms. The average molecular weight is 382 g/mol. The van der Waals surface area contributed by atoms with Crippen molar-refractivity contribution in [2.75, 3.05) is 19.5 Å². The van der Waals surface area contributed by atoms with Crippen LogP contribution in [0, 0.1) is 0 Å². The molecule has 4 rings (SSSR count). The van der Waals surface area contributed by atoms with Crippen LogP contribution in [0.1, 0.15) is 6.42 Å². The Bertz CT molecular complexity index is 1080. The Labute approximate surface area is 158 Å². The molecule has 3 heterocycles. The molecule has 3 aromatic heterocycles. The van der Waals surface area contributed by atoms with Crippen LogP contribution in [0.15, 0.2) is 53.9 Å². The summed E-state index contributed by atoms with van der Waals surface area (Å²) in [7, 11) is 0.542. The molecule has 1 atom stereocenters. The number of nitrogens with zero attached hydrogens (tertiary/aromatic N) is 5. The maximum absolute atomic E-state index is 12.4. The van der Waals surface area contributed by atoms with Crippen LogP contribution >= 0.6 is 0 Å². The Kier molecular flexibility index (Phi) is 5.03. The van der Waals surface area contributed by atoms with Gasteiger partial charge in [-0.3, -0.25) is 9.31 Å². The van der Waals surface area contributed by atoms with Gasteiger partial charge in [0.05, 0.1) is 27.6 Å². The first kappa shape index (κ1) is 17.5. The largest absolute Gasteiger partial charge is 0.385 e. The quantitative estimate of drug-likeness (QED) is 0.493. The van der Waals surface area contributed by atoms with Gasteiger partial charge in [0, 0.05) is 36.6 Å². The number of pyridine rings is 1. The normalized spacial score (nSPS) is 12.5. The minimum Gasteiger partial charge on any atom is -0.385 e. The van der Waals surface area contributed by atoms with Crippen molar-refractivity contribution in [2.24, 2.45) is 0 Å². The van der Waals surface area contributed by atoms with Crippen LogP contribution in [0.4, 0.5) is 0 Å². The predicted octanol–water partition coefficient (Wildman–Crippen LogP) is 2.35. The van der Waals surface area contributed by atoms with Gasteiger partial charge in [0.2, 0.25) is 0 Å². The lowest BCUT2D eigenvalue weighted by molar-refractivity contribution is 0.200. The van der Waals surface area contributed by atoms with E-state index in [1.54, 1.807) is 24.2 Å². The molecule has 0 spiro atoms. The Morgan fingerprint density at radius 1 is 1.22 bits per heavy atom. The number of H-pyrrole nitrogens is 1. The highest BCUT2D eigenvalue weighted by molar-refractivity contribution is 7.85. The van der Waals surface area contributed by atoms with Gasteiger partial charge in [-0.1, -0.05) is 12.1 Å². The van der Waals surface area contributed by atoms with Crippen LogP contribution in [0.2, 0.25) is 0 Å². The third kappa shape index (κ3) is 3.64. The molecule has 9 heteroatoms. The molecule has 0 fully saturated rings.